The minimum Gasteiger partial charge on any atom is -0.493 e. The quantitative estimate of drug-likeness (QED) is 0.790. The molecule has 1 aromatic heterocycles. The van der Waals surface area contributed by atoms with Crippen molar-refractivity contribution in [2.75, 3.05) is 20.8 Å². The van der Waals surface area contributed by atoms with Crippen LogP contribution in [0.25, 0.3) is 11.3 Å². The van der Waals surface area contributed by atoms with Crippen LogP contribution >= 0.6 is 0 Å². The zero-order chi connectivity index (χ0) is 15.4. The molecule has 0 N–H and O–H groups in total. The van der Waals surface area contributed by atoms with Crippen molar-refractivity contribution in [3.05, 3.63) is 30.0 Å². The van der Waals surface area contributed by atoms with E-state index in [1.165, 1.54) is 20.3 Å². The fraction of sp³-hybridized carbons (Fsp3) is 0.286. The summed E-state index contributed by atoms with van der Waals surface area (Å²) in [7, 11) is 2.82. The Bertz CT molecular complexity index is 653. The van der Waals surface area contributed by atoms with Gasteiger partial charge in [0.15, 0.2) is 29.3 Å². The number of carbonyl (C=O) groups excluding carboxylic acids is 1. The molecule has 1 heterocycles. The van der Waals surface area contributed by atoms with E-state index in [9.17, 15) is 9.18 Å². The lowest BCUT2D eigenvalue weighted by molar-refractivity contribution is 0.0520. The number of rotatable bonds is 5. The molecule has 112 valence electrons. The number of hydrogen-bond donors (Lipinski definition) is 0. The molecule has 0 saturated carbocycles. The van der Waals surface area contributed by atoms with Gasteiger partial charge in [-0.05, 0) is 13.0 Å². The van der Waals surface area contributed by atoms with Crippen LogP contribution in [0.5, 0.6) is 11.5 Å². The Labute approximate surface area is 120 Å². The van der Waals surface area contributed by atoms with E-state index in [2.05, 4.69) is 4.98 Å². The second kappa shape index (κ2) is 6.25. The molecule has 0 atom stereocenters. The van der Waals surface area contributed by atoms with Crippen LogP contribution in [-0.2, 0) is 4.74 Å². The molecule has 0 saturated heterocycles. The summed E-state index contributed by atoms with van der Waals surface area (Å²) >= 11 is 0. The molecule has 0 spiro atoms. The molecular formula is C14H14FNO5. The number of methoxy groups -OCH3 is 2. The predicted molar refractivity (Wildman–Crippen MR) is 71.0 cm³/mol. The van der Waals surface area contributed by atoms with Crippen LogP contribution < -0.4 is 9.47 Å². The first kappa shape index (κ1) is 14.8. The Kier molecular flexibility index (Phi) is 4.42. The van der Waals surface area contributed by atoms with Crippen LogP contribution in [0, 0.1) is 5.82 Å². The number of hydrogen-bond acceptors (Lipinski definition) is 6. The first-order chi connectivity index (χ1) is 10.1. The summed E-state index contributed by atoms with van der Waals surface area (Å²) in [6.45, 7) is 1.84. The molecule has 1 aromatic carbocycles. The van der Waals surface area contributed by atoms with Crippen LogP contribution in [0.4, 0.5) is 4.39 Å². The van der Waals surface area contributed by atoms with Gasteiger partial charge < -0.3 is 18.6 Å². The number of benzene rings is 1. The van der Waals surface area contributed by atoms with Crippen molar-refractivity contribution in [1.29, 1.82) is 0 Å². The van der Waals surface area contributed by atoms with E-state index in [-0.39, 0.29) is 29.4 Å². The third-order valence-electron chi connectivity index (χ3n) is 2.75. The van der Waals surface area contributed by atoms with E-state index < -0.39 is 11.8 Å². The van der Waals surface area contributed by atoms with Crippen molar-refractivity contribution in [2.24, 2.45) is 0 Å². The average Bonchev–Trinajstić information content (AvgIpc) is 2.96. The van der Waals surface area contributed by atoms with E-state index in [1.54, 1.807) is 6.92 Å². The first-order valence-corrected chi connectivity index (χ1v) is 6.14. The molecule has 0 aliphatic rings. The van der Waals surface area contributed by atoms with Gasteiger partial charge in [-0.15, -0.1) is 0 Å². The minimum atomic E-state index is -0.685. The smallest absolute Gasteiger partial charge is 0.360 e. The maximum absolute atomic E-state index is 14.2. The Morgan fingerprint density at radius 1 is 1.29 bits per heavy atom. The molecule has 0 radical (unpaired) electrons. The van der Waals surface area contributed by atoms with Crippen molar-refractivity contribution in [3.63, 3.8) is 0 Å². The van der Waals surface area contributed by atoms with Crippen molar-refractivity contribution in [2.45, 2.75) is 6.92 Å². The van der Waals surface area contributed by atoms with Crippen molar-refractivity contribution >= 4 is 5.97 Å². The largest absolute Gasteiger partial charge is 0.493 e. The molecule has 0 fully saturated rings. The Hall–Kier alpha value is -2.57. The number of esters is 1. The summed E-state index contributed by atoms with van der Waals surface area (Å²) in [5.41, 5.74) is -0.0591. The van der Waals surface area contributed by atoms with Crippen molar-refractivity contribution in [3.8, 4) is 22.8 Å². The molecule has 0 aliphatic carbocycles. The van der Waals surface area contributed by atoms with Gasteiger partial charge in [0.25, 0.3) is 0 Å². The lowest BCUT2D eigenvalue weighted by atomic mass is 10.1. The maximum Gasteiger partial charge on any atom is 0.360 e. The van der Waals surface area contributed by atoms with E-state index in [0.717, 1.165) is 12.5 Å². The normalized spacial score (nSPS) is 10.3. The molecule has 2 rings (SSSR count). The molecule has 0 aliphatic heterocycles. The van der Waals surface area contributed by atoms with E-state index in [1.807, 2.05) is 0 Å². The number of aromatic nitrogens is 1. The SMILES string of the molecule is CCOC(=O)c1ncoc1-c1cc(OC)c(OC)cc1F. The van der Waals surface area contributed by atoms with Crippen molar-refractivity contribution in [1.82, 2.24) is 4.98 Å². The van der Waals surface area contributed by atoms with Gasteiger partial charge in [-0.2, -0.15) is 0 Å². The summed E-state index contributed by atoms with van der Waals surface area (Å²) in [6.07, 6.45) is 1.05. The highest BCUT2D eigenvalue weighted by molar-refractivity contribution is 5.93. The predicted octanol–water partition coefficient (Wildman–Crippen LogP) is 2.67. The zero-order valence-electron chi connectivity index (χ0n) is 11.8. The second-order valence-electron chi connectivity index (χ2n) is 3.94. The average molecular weight is 295 g/mol. The van der Waals surface area contributed by atoms with Crippen LogP contribution in [0.1, 0.15) is 17.4 Å². The molecule has 0 amide bonds. The molecular weight excluding hydrogens is 281 g/mol. The van der Waals surface area contributed by atoms with Gasteiger partial charge in [0.1, 0.15) is 5.82 Å². The lowest BCUT2D eigenvalue weighted by Gasteiger charge is -2.10. The summed E-state index contributed by atoms with van der Waals surface area (Å²) in [5.74, 6) is -0.798. The number of carbonyl (C=O) groups is 1. The van der Waals surface area contributed by atoms with Gasteiger partial charge in [0.2, 0.25) is 0 Å². The summed E-state index contributed by atoms with van der Waals surface area (Å²) in [5, 5.41) is 0. The Morgan fingerprint density at radius 2 is 1.95 bits per heavy atom. The van der Waals surface area contributed by atoms with Gasteiger partial charge in [-0.3, -0.25) is 0 Å². The van der Waals surface area contributed by atoms with Crippen LogP contribution in [0.3, 0.4) is 0 Å². The van der Waals surface area contributed by atoms with Crippen LogP contribution in [0.15, 0.2) is 22.9 Å². The van der Waals surface area contributed by atoms with E-state index >= 15 is 0 Å². The highest BCUT2D eigenvalue weighted by Crippen LogP contribution is 2.36. The molecule has 7 heteroatoms. The topological polar surface area (TPSA) is 70.8 Å². The maximum atomic E-state index is 14.2. The van der Waals surface area contributed by atoms with Crippen LogP contribution in [-0.4, -0.2) is 31.8 Å². The van der Waals surface area contributed by atoms with Gasteiger partial charge in [-0.25, -0.2) is 14.2 Å². The summed E-state index contributed by atoms with van der Waals surface area (Å²) in [6, 6.07) is 2.52. The van der Waals surface area contributed by atoms with Crippen LogP contribution in [0.2, 0.25) is 0 Å². The van der Waals surface area contributed by atoms with Gasteiger partial charge in [0, 0.05) is 6.07 Å². The monoisotopic (exact) mass is 295 g/mol. The van der Waals surface area contributed by atoms with Gasteiger partial charge in [0.05, 0.1) is 26.4 Å². The first-order valence-electron chi connectivity index (χ1n) is 6.14. The fourth-order valence-corrected chi connectivity index (χ4v) is 1.81. The standard InChI is InChI=1S/C14H14FNO5/c1-4-20-14(17)12-13(21-7-16-12)8-5-10(18-2)11(19-3)6-9(8)15/h5-7H,4H2,1-3H3. The number of nitrogens with zero attached hydrogens (tertiary/aromatic N) is 1. The summed E-state index contributed by atoms with van der Waals surface area (Å²) in [4.78, 5) is 15.5. The van der Waals surface area contributed by atoms with Crippen molar-refractivity contribution < 1.29 is 27.8 Å². The number of ether oxygens (including phenoxy) is 3. The fourth-order valence-electron chi connectivity index (χ4n) is 1.81. The highest BCUT2D eigenvalue weighted by Gasteiger charge is 2.23. The molecule has 21 heavy (non-hydrogen) atoms. The highest BCUT2D eigenvalue weighted by atomic mass is 19.1. The van der Waals surface area contributed by atoms with Gasteiger partial charge in [-0.1, -0.05) is 0 Å². The second-order valence-corrected chi connectivity index (χ2v) is 3.94. The lowest BCUT2D eigenvalue weighted by Crippen LogP contribution is -2.06. The summed E-state index contributed by atoms with van der Waals surface area (Å²) < 4.78 is 34.3. The minimum absolute atomic E-state index is 0.0214. The third-order valence-corrected chi connectivity index (χ3v) is 2.75. The molecule has 0 bridgehead atoms. The molecule has 0 unspecified atom stereocenters. The van der Waals surface area contributed by atoms with E-state index in [4.69, 9.17) is 18.6 Å². The number of halogens is 1. The third kappa shape index (κ3) is 2.81. The Balaban J connectivity index is 2.52. The van der Waals surface area contributed by atoms with E-state index in [0.29, 0.717) is 5.75 Å². The Morgan fingerprint density at radius 3 is 2.57 bits per heavy atom. The number of oxazole rings is 1. The zero-order valence-corrected chi connectivity index (χ0v) is 11.8. The van der Waals surface area contributed by atoms with Gasteiger partial charge >= 0.3 is 5.97 Å². The molecule has 6 nitrogen and oxygen atoms in total. The molecule has 2 aromatic rings.